The third-order valence-electron chi connectivity index (χ3n) is 1.30. The molecule has 0 spiro atoms. The molecule has 11 heavy (non-hydrogen) atoms. The highest BCUT2D eigenvalue weighted by molar-refractivity contribution is 5.46. The van der Waals surface area contributed by atoms with Gasteiger partial charge in [0.1, 0.15) is 6.73 Å². The van der Waals surface area contributed by atoms with E-state index in [-0.39, 0.29) is 6.73 Å². The average molecular weight is 148 g/mol. The van der Waals surface area contributed by atoms with Gasteiger partial charge in [0.05, 0.1) is 11.6 Å². The van der Waals surface area contributed by atoms with Crippen LogP contribution in [0.2, 0.25) is 0 Å². The summed E-state index contributed by atoms with van der Waals surface area (Å²) in [5, 5.41) is 19.6. The van der Waals surface area contributed by atoms with Crippen molar-refractivity contribution >= 4 is 5.69 Å². The van der Waals surface area contributed by atoms with Gasteiger partial charge >= 0.3 is 0 Å². The van der Waals surface area contributed by atoms with Crippen LogP contribution in [-0.4, -0.2) is 11.8 Å². The molecule has 3 nitrogen and oxygen atoms in total. The number of hydrogen-bond acceptors (Lipinski definition) is 3. The van der Waals surface area contributed by atoms with Crippen LogP contribution in [0.1, 0.15) is 5.56 Å². The Bertz CT molecular complexity index is 260. The van der Waals surface area contributed by atoms with Crippen LogP contribution in [0.25, 0.3) is 0 Å². The normalized spacial score (nSPS) is 8.73. The second-order valence-electron chi connectivity index (χ2n) is 2.02. The number of hydrogen-bond donors (Lipinski definition) is 2. The first kappa shape index (κ1) is 7.58. The third kappa shape index (κ3) is 1.95. The fourth-order valence-electron chi connectivity index (χ4n) is 0.754. The number of nitrogens with zero attached hydrogens (tertiary/aromatic N) is 1. The summed E-state index contributed by atoms with van der Waals surface area (Å²) >= 11 is 0. The molecule has 0 saturated heterocycles. The molecule has 0 aromatic heterocycles. The van der Waals surface area contributed by atoms with Gasteiger partial charge in [-0.05, 0) is 24.3 Å². The second-order valence-corrected chi connectivity index (χ2v) is 2.02. The standard InChI is InChI=1S/C8H8N2O/c9-5-7-1-3-8(4-2-7)10-6-11/h1-4,10-11H,6H2. The summed E-state index contributed by atoms with van der Waals surface area (Å²) in [6, 6.07) is 8.88. The van der Waals surface area contributed by atoms with Gasteiger partial charge in [-0.15, -0.1) is 0 Å². The average Bonchev–Trinajstić information content (AvgIpc) is 2.07. The quantitative estimate of drug-likeness (QED) is 0.613. The van der Waals surface area contributed by atoms with Crippen LogP contribution < -0.4 is 5.32 Å². The molecule has 56 valence electrons. The zero-order valence-electron chi connectivity index (χ0n) is 5.91. The van der Waals surface area contributed by atoms with E-state index in [0.717, 1.165) is 5.69 Å². The third-order valence-corrected chi connectivity index (χ3v) is 1.30. The molecule has 0 saturated carbocycles. The molecule has 3 heteroatoms. The molecular formula is C8H8N2O. The predicted octanol–water partition coefficient (Wildman–Crippen LogP) is 0.920. The van der Waals surface area contributed by atoms with E-state index in [1.165, 1.54) is 0 Å². The smallest absolute Gasteiger partial charge is 0.113 e. The monoisotopic (exact) mass is 148 g/mol. The Hall–Kier alpha value is -1.53. The molecule has 0 aliphatic carbocycles. The molecule has 1 rings (SSSR count). The van der Waals surface area contributed by atoms with E-state index < -0.39 is 0 Å². The maximum atomic E-state index is 8.47. The Kier molecular flexibility index (Phi) is 2.47. The lowest BCUT2D eigenvalue weighted by molar-refractivity contribution is 0.325. The lowest BCUT2D eigenvalue weighted by Gasteiger charge is -2.00. The van der Waals surface area contributed by atoms with E-state index in [0.29, 0.717) is 5.56 Å². The first-order chi connectivity index (χ1) is 5.36. The molecule has 0 atom stereocenters. The summed E-state index contributed by atoms with van der Waals surface area (Å²) in [4.78, 5) is 0. The van der Waals surface area contributed by atoms with E-state index in [9.17, 15) is 0 Å². The molecule has 0 radical (unpaired) electrons. The summed E-state index contributed by atoms with van der Waals surface area (Å²) in [6.07, 6.45) is 0. The van der Waals surface area contributed by atoms with E-state index >= 15 is 0 Å². The fourth-order valence-corrected chi connectivity index (χ4v) is 0.754. The number of benzene rings is 1. The van der Waals surface area contributed by atoms with Crippen LogP contribution in [0, 0.1) is 11.3 Å². The van der Waals surface area contributed by atoms with Crippen LogP contribution in [-0.2, 0) is 0 Å². The maximum Gasteiger partial charge on any atom is 0.113 e. The zero-order chi connectivity index (χ0) is 8.10. The highest BCUT2D eigenvalue weighted by Gasteiger charge is 1.89. The number of aliphatic hydroxyl groups excluding tert-OH is 1. The minimum Gasteiger partial charge on any atom is -0.377 e. The molecule has 0 unspecified atom stereocenters. The lowest BCUT2D eigenvalue weighted by atomic mass is 10.2. The van der Waals surface area contributed by atoms with Gasteiger partial charge in [-0.2, -0.15) is 5.26 Å². The first-order valence-electron chi connectivity index (χ1n) is 3.21. The Balaban J connectivity index is 2.76. The second kappa shape index (κ2) is 3.59. The van der Waals surface area contributed by atoms with E-state index in [2.05, 4.69) is 5.32 Å². The topological polar surface area (TPSA) is 56.0 Å². The van der Waals surface area contributed by atoms with Gasteiger partial charge in [-0.3, -0.25) is 0 Å². The molecule has 0 bridgehead atoms. The number of nitriles is 1. The SMILES string of the molecule is N#Cc1ccc(NCO)cc1. The fraction of sp³-hybridized carbons (Fsp3) is 0.125. The number of rotatable bonds is 2. The van der Waals surface area contributed by atoms with Gasteiger partial charge < -0.3 is 10.4 Å². The van der Waals surface area contributed by atoms with Crippen molar-refractivity contribution in [3.63, 3.8) is 0 Å². The Morgan fingerprint density at radius 3 is 2.45 bits per heavy atom. The highest BCUT2D eigenvalue weighted by atomic mass is 16.3. The number of nitrogens with one attached hydrogen (secondary N) is 1. The molecule has 1 aromatic carbocycles. The van der Waals surface area contributed by atoms with Crippen molar-refractivity contribution in [1.82, 2.24) is 0 Å². The van der Waals surface area contributed by atoms with Gasteiger partial charge in [0.2, 0.25) is 0 Å². The van der Waals surface area contributed by atoms with Gasteiger partial charge in [-0.25, -0.2) is 0 Å². The molecule has 0 heterocycles. The van der Waals surface area contributed by atoms with E-state index in [1.54, 1.807) is 24.3 Å². The summed E-state index contributed by atoms with van der Waals surface area (Å²) < 4.78 is 0. The molecule has 0 fully saturated rings. The van der Waals surface area contributed by atoms with Crippen molar-refractivity contribution in [3.8, 4) is 6.07 Å². The predicted molar refractivity (Wildman–Crippen MR) is 41.9 cm³/mol. The lowest BCUT2D eigenvalue weighted by Crippen LogP contribution is -1.98. The van der Waals surface area contributed by atoms with Crippen LogP contribution >= 0.6 is 0 Å². The molecule has 2 N–H and O–H groups in total. The van der Waals surface area contributed by atoms with Crippen LogP contribution in [0.3, 0.4) is 0 Å². The zero-order valence-corrected chi connectivity index (χ0v) is 5.91. The van der Waals surface area contributed by atoms with Crippen molar-refractivity contribution < 1.29 is 5.11 Å². The van der Waals surface area contributed by atoms with Gasteiger partial charge in [0, 0.05) is 5.69 Å². The largest absolute Gasteiger partial charge is 0.377 e. The van der Waals surface area contributed by atoms with Gasteiger partial charge in [-0.1, -0.05) is 0 Å². The maximum absolute atomic E-state index is 8.47. The Morgan fingerprint density at radius 1 is 1.36 bits per heavy atom. The molecule has 1 aromatic rings. The van der Waals surface area contributed by atoms with Crippen molar-refractivity contribution in [2.24, 2.45) is 0 Å². The number of anilines is 1. The van der Waals surface area contributed by atoms with Crippen LogP contribution in [0.4, 0.5) is 5.69 Å². The molecule has 0 aliphatic rings. The Morgan fingerprint density at radius 2 is 2.00 bits per heavy atom. The molecule has 0 amide bonds. The summed E-state index contributed by atoms with van der Waals surface area (Å²) in [7, 11) is 0. The summed E-state index contributed by atoms with van der Waals surface area (Å²) in [5.41, 5.74) is 1.43. The minimum absolute atomic E-state index is 0.0914. The number of aliphatic hydroxyl groups is 1. The van der Waals surface area contributed by atoms with Crippen molar-refractivity contribution in [2.75, 3.05) is 12.0 Å². The van der Waals surface area contributed by atoms with Crippen molar-refractivity contribution in [3.05, 3.63) is 29.8 Å². The van der Waals surface area contributed by atoms with Gasteiger partial charge in [0.15, 0.2) is 0 Å². The van der Waals surface area contributed by atoms with E-state index in [4.69, 9.17) is 10.4 Å². The van der Waals surface area contributed by atoms with Crippen molar-refractivity contribution in [1.29, 1.82) is 5.26 Å². The van der Waals surface area contributed by atoms with Crippen molar-refractivity contribution in [2.45, 2.75) is 0 Å². The molecule has 0 aliphatic heterocycles. The first-order valence-corrected chi connectivity index (χ1v) is 3.21. The Labute approximate surface area is 64.9 Å². The highest BCUT2D eigenvalue weighted by Crippen LogP contribution is 2.07. The molecular weight excluding hydrogens is 140 g/mol. The summed E-state index contributed by atoms with van der Waals surface area (Å²) in [5.74, 6) is 0. The van der Waals surface area contributed by atoms with Gasteiger partial charge in [0.25, 0.3) is 0 Å². The van der Waals surface area contributed by atoms with E-state index in [1.807, 2.05) is 6.07 Å². The van der Waals surface area contributed by atoms with Crippen LogP contribution in [0.15, 0.2) is 24.3 Å². The van der Waals surface area contributed by atoms with Crippen LogP contribution in [0.5, 0.6) is 0 Å². The minimum atomic E-state index is -0.0914. The summed E-state index contributed by atoms with van der Waals surface area (Å²) in [6.45, 7) is -0.0914.